The molecule has 126 valence electrons. The molecule has 2 aromatic rings. The van der Waals surface area contributed by atoms with Crippen molar-refractivity contribution in [2.24, 2.45) is 5.16 Å². The van der Waals surface area contributed by atoms with Gasteiger partial charge in [-0.05, 0) is 52.3 Å². The second kappa shape index (κ2) is 5.93. The summed E-state index contributed by atoms with van der Waals surface area (Å²) in [5.41, 5.74) is 0.321. The monoisotopic (exact) mass is 419 g/mol. The molecular weight excluding hydrogens is 410 g/mol. The number of carbonyl (C=O) groups is 2. The number of hydrogen-bond acceptors (Lipinski definition) is 5. The molecule has 0 saturated carbocycles. The van der Waals surface area contributed by atoms with E-state index >= 15 is 0 Å². The van der Waals surface area contributed by atoms with E-state index in [1.165, 1.54) is 0 Å². The number of oxime groups is 1. The first-order chi connectivity index (χ1) is 12.0. The van der Waals surface area contributed by atoms with Crippen molar-refractivity contribution in [3.05, 3.63) is 57.8 Å². The van der Waals surface area contributed by atoms with Gasteiger partial charge in [-0.25, -0.2) is 9.88 Å². The van der Waals surface area contributed by atoms with Gasteiger partial charge in [0.2, 0.25) is 11.5 Å². The van der Waals surface area contributed by atoms with Crippen LogP contribution in [0.4, 0.5) is 5.69 Å². The SMILES string of the molecule is O=C1C[C@]2(CC(c3cccc(Br)n3)=NO2)C(=O)N1c1ccc(Cl)cc1. The van der Waals surface area contributed by atoms with Crippen LogP contribution in [0.15, 0.2) is 52.2 Å². The van der Waals surface area contributed by atoms with Gasteiger partial charge in [0.05, 0.1) is 17.8 Å². The number of imide groups is 1. The van der Waals surface area contributed by atoms with Crippen LogP contribution >= 0.6 is 27.5 Å². The summed E-state index contributed by atoms with van der Waals surface area (Å²) in [5.74, 6) is -0.750. The first-order valence-electron chi connectivity index (χ1n) is 7.49. The zero-order valence-corrected chi connectivity index (χ0v) is 15.1. The van der Waals surface area contributed by atoms with Crippen molar-refractivity contribution in [2.75, 3.05) is 4.90 Å². The molecule has 0 aliphatic carbocycles. The molecule has 1 fully saturated rings. The Morgan fingerprint density at radius 3 is 2.60 bits per heavy atom. The second-order valence-electron chi connectivity index (χ2n) is 5.83. The van der Waals surface area contributed by atoms with Crippen LogP contribution < -0.4 is 4.90 Å². The lowest BCUT2D eigenvalue weighted by atomic mass is 9.94. The molecular formula is C17H11BrClN3O3. The fourth-order valence-corrected chi connectivity index (χ4v) is 3.43. The summed E-state index contributed by atoms with van der Waals surface area (Å²) in [7, 11) is 0. The molecule has 6 nitrogen and oxygen atoms in total. The van der Waals surface area contributed by atoms with E-state index in [1.807, 2.05) is 6.07 Å². The van der Waals surface area contributed by atoms with E-state index in [9.17, 15) is 9.59 Å². The van der Waals surface area contributed by atoms with Gasteiger partial charge in [0.1, 0.15) is 10.3 Å². The first-order valence-corrected chi connectivity index (χ1v) is 8.67. The van der Waals surface area contributed by atoms with Gasteiger partial charge in [0.15, 0.2) is 0 Å². The molecule has 0 bridgehead atoms. The van der Waals surface area contributed by atoms with Gasteiger partial charge in [-0.3, -0.25) is 9.59 Å². The average Bonchev–Trinajstić information content (AvgIpc) is 3.11. The van der Waals surface area contributed by atoms with Crippen LogP contribution in [0.3, 0.4) is 0 Å². The molecule has 1 spiro atoms. The highest BCUT2D eigenvalue weighted by atomic mass is 79.9. The number of anilines is 1. The summed E-state index contributed by atoms with van der Waals surface area (Å²) >= 11 is 9.17. The fraction of sp³-hybridized carbons (Fsp3) is 0.176. The highest BCUT2D eigenvalue weighted by Crippen LogP contribution is 2.39. The van der Waals surface area contributed by atoms with Crippen LogP contribution in [0.1, 0.15) is 18.5 Å². The van der Waals surface area contributed by atoms with E-state index < -0.39 is 11.5 Å². The van der Waals surface area contributed by atoms with Gasteiger partial charge in [-0.2, -0.15) is 0 Å². The normalized spacial score (nSPS) is 22.5. The summed E-state index contributed by atoms with van der Waals surface area (Å²) < 4.78 is 0.658. The van der Waals surface area contributed by atoms with Gasteiger partial charge in [-0.1, -0.05) is 22.8 Å². The summed E-state index contributed by atoms with van der Waals surface area (Å²) in [6.07, 6.45) is 0.139. The molecule has 0 unspecified atom stereocenters. The molecule has 1 atom stereocenters. The van der Waals surface area contributed by atoms with Crippen molar-refractivity contribution in [1.82, 2.24) is 4.98 Å². The first kappa shape index (κ1) is 16.2. The smallest absolute Gasteiger partial charge is 0.281 e. The van der Waals surface area contributed by atoms with Crippen LogP contribution in [-0.2, 0) is 14.4 Å². The predicted molar refractivity (Wildman–Crippen MR) is 95.5 cm³/mol. The van der Waals surface area contributed by atoms with Crippen LogP contribution in [0, 0.1) is 0 Å². The Morgan fingerprint density at radius 2 is 1.88 bits per heavy atom. The van der Waals surface area contributed by atoms with Gasteiger partial charge >= 0.3 is 0 Å². The Kier molecular flexibility index (Phi) is 3.85. The zero-order chi connectivity index (χ0) is 17.6. The van der Waals surface area contributed by atoms with Crippen molar-refractivity contribution in [2.45, 2.75) is 18.4 Å². The molecule has 25 heavy (non-hydrogen) atoms. The zero-order valence-electron chi connectivity index (χ0n) is 12.8. The Hall–Kier alpha value is -2.25. The number of amides is 2. The van der Waals surface area contributed by atoms with E-state index in [-0.39, 0.29) is 18.7 Å². The number of benzene rings is 1. The number of hydrogen-bond donors (Lipinski definition) is 0. The lowest BCUT2D eigenvalue weighted by Crippen LogP contribution is -2.40. The largest absolute Gasteiger partial charge is 0.378 e. The lowest BCUT2D eigenvalue weighted by Gasteiger charge is -2.19. The van der Waals surface area contributed by atoms with Crippen LogP contribution in [0.25, 0.3) is 0 Å². The van der Waals surface area contributed by atoms with E-state index in [1.54, 1.807) is 36.4 Å². The van der Waals surface area contributed by atoms with E-state index in [0.717, 1.165) is 4.90 Å². The summed E-state index contributed by atoms with van der Waals surface area (Å²) in [5, 5.41) is 4.55. The maximum absolute atomic E-state index is 12.9. The lowest BCUT2D eigenvalue weighted by molar-refractivity contribution is -0.136. The third kappa shape index (κ3) is 2.73. The quantitative estimate of drug-likeness (QED) is 0.552. The molecule has 0 radical (unpaired) electrons. The molecule has 2 aliphatic rings. The third-order valence-corrected chi connectivity index (χ3v) is 4.85. The standard InChI is InChI=1S/C17H11BrClN3O3/c18-14-3-1-2-12(20-14)13-8-17(25-21-13)9-15(23)22(16(17)24)11-6-4-10(19)5-7-11/h1-7H,8-9H2/t17-/m1/s1. The molecule has 2 aliphatic heterocycles. The van der Waals surface area contributed by atoms with Gasteiger partial charge in [0.25, 0.3) is 5.91 Å². The molecule has 1 aromatic heterocycles. The van der Waals surface area contributed by atoms with Crippen LogP contribution in [0.2, 0.25) is 5.02 Å². The summed E-state index contributed by atoms with van der Waals surface area (Å²) in [4.78, 5) is 36.3. The minimum atomic E-state index is -1.30. The molecule has 0 N–H and O–H groups in total. The predicted octanol–water partition coefficient (Wildman–Crippen LogP) is 3.32. The Bertz CT molecular complexity index is 916. The third-order valence-electron chi connectivity index (χ3n) is 4.16. The second-order valence-corrected chi connectivity index (χ2v) is 7.08. The molecule has 1 aromatic carbocycles. The molecule has 1 saturated heterocycles. The van der Waals surface area contributed by atoms with Crippen LogP contribution in [0.5, 0.6) is 0 Å². The maximum Gasteiger partial charge on any atom is 0.281 e. The van der Waals surface area contributed by atoms with Crippen molar-refractivity contribution < 1.29 is 14.4 Å². The Balaban J connectivity index is 1.61. The Labute approximate surface area is 156 Å². The molecule has 4 rings (SSSR count). The summed E-state index contributed by atoms with van der Waals surface area (Å²) in [6, 6.07) is 11.9. The number of nitrogens with zero attached hydrogens (tertiary/aromatic N) is 3. The number of aromatic nitrogens is 1. The molecule has 8 heteroatoms. The number of rotatable bonds is 2. The van der Waals surface area contributed by atoms with E-state index in [2.05, 4.69) is 26.1 Å². The highest BCUT2D eigenvalue weighted by Gasteiger charge is 2.58. The minimum Gasteiger partial charge on any atom is -0.378 e. The van der Waals surface area contributed by atoms with E-state index in [0.29, 0.717) is 26.7 Å². The van der Waals surface area contributed by atoms with Crippen molar-refractivity contribution in [3.63, 3.8) is 0 Å². The minimum absolute atomic E-state index is 0.0601. The van der Waals surface area contributed by atoms with Crippen molar-refractivity contribution in [3.8, 4) is 0 Å². The Morgan fingerprint density at radius 1 is 1.12 bits per heavy atom. The molecule has 3 heterocycles. The average molecular weight is 421 g/mol. The molecule has 2 amide bonds. The number of halogens is 2. The number of carbonyl (C=O) groups excluding carboxylic acids is 2. The van der Waals surface area contributed by atoms with Crippen LogP contribution in [-0.4, -0.2) is 28.1 Å². The van der Waals surface area contributed by atoms with Gasteiger partial charge in [0, 0.05) is 11.4 Å². The van der Waals surface area contributed by atoms with Crippen molar-refractivity contribution in [1.29, 1.82) is 0 Å². The van der Waals surface area contributed by atoms with Gasteiger partial charge < -0.3 is 4.84 Å². The topological polar surface area (TPSA) is 71.9 Å². The summed E-state index contributed by atoms with van der Waals surface area (Å²) in [6.45, 7) is 0. The highest BCUT2D eigenvalue weighted by molar-refractivity contribution is 9.10. The van der Waals surface area contributed by atoms with E-state index in [4.69, 9.17) is 16.4 Å². The fourth-order valence-electron chi connectivity index (χ4n) is 2.96. The number of pyridine rings is 1. The van der Waals surface area contributed by atoms with Crippen molar-refractivity contribution >= 4 is 50.7 Å². The maximum atomic E-state index is 12.9. The van der Waals surface area contributed by atoms with Gasteiger partial charge in [-0.15, -0.1) is 0 Å².